The maximum absolute atomic E-state index is 13.2. The number of nitrogens with one attached hydrogen (secondary N) is 2. The van der Waals surface area contributed by atoms with Gasteiger partial charge in [0.05, 0.1) is 6.54 Å². The van der Waals surface area contributed by atoms with Crippen molar-refractivity contribution in [3.8, 4) is 0 Å². The van der Waals surface area contributed by atoms with Crippen LogP contribution in [0.1, 0.15) is 41.9 Å². The van der Waals surface area contributed by atoms with E-state index in [9.17, 15) is 23.6 Å². The third kappa shape index (κ3) is 6.48. The van der Waals surface area contributed by atoms with Crippen LogP contribution in [-0.4, -0.2) is 52.0 Å². The molecule has 1 aromatic rings. The number of aryl methyl sites for hydroxylation is 1. The van der Waals surface area contributed by atoms with Crippen molar-refractivity contribution in [2.45, 2.75) is 44.3 Å². The van der Waals surface area contributed by atoms with Crippen LogP contribution in [0.15, 0.2) is 10.6 Å². The number of hydrogen-bond acceptors (Lipinski definition) is 6. The Kier molecular flexibility index (Phi) is 7.32. The van der Waals surface area contributed by atoms with Crippen LogP contribution in [0.25, 0.3) is 0 Å². The predicted molar refractivity (Wildman–Crippen MR) is 94.3 cm³/mol. The molecule has 1 fully saturated rings. The van der Waals surface area contributed by atoms with Gasteiger partial charge < -0.3 is 15.6 Å². The Bertz CT molecular complexity index is 752. The van der Waals surface area contributed by atoms with Crippen LogP contribution in [0.2, 0.25) is 0 Å². The lowest BCUT2D eigenvalue weighted by Crippen LogP contribution is -2.56. The Balaban J connectivity index is 2.07. The van der Waals surface area contributed by atoms with Gasteiger partial charge in [-0.1, -0.05) is 29.6 Å². The van der Waals surface area contributed by atoms with E-state index in [0.717, 1.165) is 12.8 Å². The summed E-state index contributed by atoms with van der Waals surface area (Å²) in [6.07, 6.45) is 1.82. The Hall–Kier alpha value is -2.69. The smallest absolute Gasteiger partial charge is 0.291 e. The number of carbonyl (C=O) groups is 4. The maximum Gasteiger partial charge on any atom is 0.291 e. The first-order valence-corrected chi connectivity index (χ1v) is 9.03. The highest BCUT2D eigenvalue weighted by molar-refractivity contribution is 6.29. The van der Waals surface area contributed by atoms with Gasteiger partial charge in [0.2, 0.25) is 5.91 Å². The number of rotatable bonds is 9. The molecule has 0 saturated heterocycles. The molecular formula is C16H21ClFN5O5. The number of nitrogens with two attached hydrogens (primary N) is 1. The molecule has 0 aromatic carbocycles. The van der Waals surface area contributed by atoms with Crippen molar-refractivity contribution in [2.75, 3.05) is 6.54 Å². The average molecular weight is 418 g/mol. The highest BCUT2D eigenvalue weighted by Gasteiger charge is 2.33. The van der Waals surface area contributed by atoms with E-state index in [4.69, 9.17) is 21.9 Å². The molecule has 0 bridgehead atoms. The Morgan fingerprint density at radius 1 is 1.43 bits per heavy atom. The molecule has 12 heteroatoms. The van der Waals surface area contributed by atoms with Crippen LogP contribution in [-0.2, 0) is 14.4 Å². The van der Waals surface area contributed by atoms with Gasteiger partial charge in [-0.2, -0.15) is 0 Å². The second-order valence-electron chi connectivity index (χ2n) is 6.51. The van der Waals surface area contributed by atoms with Crippen molar-refractivity contribution in [3.63, 3.8) is 0 Å². The molecule has 10 nitrogen and oxygen atoms in total. The molecule has 1 saturated carbocycles. The standard InChI is InChI=1S/C16H21ClFN5O5/c1-8-6-11(22-28-8)14(25)20-10(7-9-2-3-9)15(26)21-23(5-4-12(19)24)16(27)13(17)18/h6,9-10,13H,2-5,7H2,1H3,(H2,19,24)(H,20,25)(H,21,26). The van der Waals surface area contributed by atoms with Crippen LogP contribution in [0.4, 0.5) is 4.39 Å². The highest BCUT2D eigenvalue weighted by Crippen LogP contribution is 2.33. The van der Waals surface area contributed by atoms with Gasteiger partial charge in [0, 0.05) is 12.5 Å². The van der Waals surface area contributed by atoms with E-state index >= 15 is 0 Å². The topological polar surface area (TPSA) is 148 Å². The molecule has 4 amide bonds. The second-order valence-corrected chi connectivity index (χ2v) is 6.89. The molecule has 2 rings (SSSR count). The lowest BCUT2D eigenvalue weighted by molar-refractivity contribution is -0.144. The summed E-state index contributed by atoms with van der Waals surface area (Å²) in [5.41, 5.74) is 4.81. The molecule has 1 heterocycles. The Labute approximate surface area is 164 Å². The summed E-state index contributed by atoms with van der Waals surface area (Å²) in [4.78, 5) is 47.7. The number of alkyl halides is 2. The number of aromatic nitrogens is 1. The minimum atomic E-state index is -2.41. The molecular weight excluding hydrogens is 397 g/mol. The van der Waals surface area contributed by atoms with E-state index < -0.39 is 35.3 Å². The average Bonchev–Trinajstić information content (AvgIpc) is 3.34. The minimum Gasteiger partial charge on any atom is -0.370 e. The van der Waals surface area contributed by atoms with Crippen LogP contribution < -0.4 is 16.5 Å². The molecule has 1 aliphatic rings. The second kappa shape index (κ2) is 9.49. The zero-order valence-electron chi connectivity index (χ0n) is 15.1. The van der Waals surface area contributed by atoms with Crippen molar-refractivity contribution in [3.05, 3.63) is 17.5 Å². The zero-order valence-corrected chi connectivity index (χ0v) is 15.9. The van der Waals surface area contributed by atoms with E-state index in [1.54, 1.807) is 6.92 Å². The van der Waals surface area contributed by atoms with Crippen molar-refractivity contribution in [1.29, 1.82) is 0 Å². The van der Waals surface area contributed by atoms with Crippen molar-refractivity contribution < 1.29 is 28.1 Å². The largest absolute Gasteiger partial charge is 0.370 e. The number of primary amides is 1. The fourth-order valence-electron chi connectivity index (χ4n) is 2.40. The first kappa shape index (κ1) is 21.6. The Morgan fingerprint density at radius 3 is 2.61 bits per heavy atom. The van der Waals surface area contributed by atoms with E-state index in [1.165, 1.54) is 6.07 Å². The molecule has 0 radical (unpaired) electrons. The molecule has 1 aliphatic carbocycles. The fraction of sp³-hybridized carbons (Fsp3) is 0.562. The fourth-order valence-corrected chi connectivity index (χ4v) is 2.51. The molecule has 2 unspecified atom stereocenters. The third-order valence-corrected chi connectivity index (χ3v) is 4.21. The van der Waals surface area contributed by atoms with Gasteiger partial charge in [-0.25, -0.2) is 9.40 Å². The quantitative estimate of drug-likeness (QED) is 0.385. The molecule has 0 spiro atoms. The first-order valence-electron chi connectivity index (χ1n) is 8.60. The van der Waals surface area contributed by atoms with Crippen LogP contribution in [0.5, 0.6) is 0 Å². The van der Waals surface area contributed by atoms with Gasteiger partial charge in [-0.05, 0) is 19.3 Å². The van der Waals surface area contributed by atoms with Crippen LogP contribution >= 0.6 is 11.6 Å². The number of hydrogen-bond donors (Lipinski definition) is 3. The van der Waals surface area contributed by atoms with Crippen molar-refractivity contribution in [2.24, 2.45) is 11.7 Å². The number of halogens is 2. The summed E-state index contributed by atoms with van der Waals surface area (Å²) in [6.45, 7) is 1.25. The van der Waals surface area contributed by atoms with Crippen molar-refractivity contribution >= 4 is 35.2 Å². The van der Waals surface area contributed by atoms with Gasteiger partial charge in [0.15, 0.2) is 5.69 Å². The van der Waals surface area contributed by atoms with E-state index in [-0.39, 0.29) is 24.6 Å². The SMILES string of the molecule is Cc1cc(C(=O)NC(CC2CC2)C(=O)NN(CCC(N)=O)C(=O)C(F)Cl)no1. The summed E-state index contributed by atoms with van der Waals surface area (Å²) < 4.78 is 18.0. The number of nitrogens with zero attached hydrogens (tertiary/aromatic N) is 2. The summed E-state index contributed by atoms with van der Waals surface area (Å²) in [6, 6.07) is 0.403. The van der Waals surface area contributed by atoms with Crippen LogP contribution in [0.3, 0.4) is 0 Å². The zero-order chi connectivity index (χ0) is 20.8. The van der Waals surface area contributed by atoms with Gasteiger partial charge in [-0.3, -0.25) is 24.6 Å². The van der Waals surface area contributed by atoms with Crippen LogP contribution in [0, 0.1) is 12.8 Å². The molecule has 28 heavy (non-hydrogen) atoms. The monoisotopic (exact) mass is 417 g/mol. The van der Waals surface area contributed by atoms with Gasteiger partial charge in [0.1, 0.15) is 11.8 Å². The van der Waals surface area contributed by atoms with Gasteiger partial charge >= 0.3 is 0 Å². The van der Waals surface area contributed by atoms with Crippen molar-refractivity contribution in [1.82, 2.24) is 20.9 Å². The number of amides is 4. The number of carbonyl (C=O) groups excluding carboxylic acids is 4. The summed E-state index contributed by atoms with van der Waals surface area (Å²) in [5.74, 6) is -2.72. The van der Waals surface area contributed by atoms with E-state index in [1.807, 2.05) is 0 Å². The molecule has 0 aliphatic heterocycles. The molecule has 154 valence electrons. The molecule has 1 aromatic heterocycles. The summed E-state index contributed by atoms with van der Waals surface area (Å²) in [5, 5.41) is 6.69. The first-order chi connectivity index (χ1) is 13.2. The normalized spacial score (nSPS) is 15.4. The van der Waals surface area contributed by atoms with E-state index in [0.29, 0.717) is 17.2 Å². The highest BCUT2D eigenvalue weighted by atomic mass is 35.5. The Morgan fingerprint density at radius 2 is 2.11 bits per heavy atom. The summed E-state index contributed by atoms with van der Waals surface area (Å²) in [7, 11) is 0. The summed E-state index contributed by atoms with van der Waals surface area (Å²) >= 11 is 5.15. The lowest BCUT2D eigenvalue weighted by atomic mass is 10.1. The minimum absolute atomic E-state index is 0.00246. The molecule has 2 atom stereocenters. The molecule has 4 N–H and O–H groups in total. The maximum atomic E-state index is 13.2. The van der Waals surface area contributed by atoms with E-state index in [2.05, 4.69) is 15.9 Å². The van der Waals surface area contributed by atoms with Gasteiger partial charge in [-0.15, -0.1) is 0 Å². The number of hydrazine groups is 1. The predicted octanol–water partition coefficient (Wildman–Crippen LogP) is 0.151. The third-order valence-electron chi connectivity index (χ3n) is 4.03. The lowest BCUT2D eigenvalue weighted by Gasteiger charge is -2.26. The van der Waals surface area contributed by atoms with Gasteiger partial charge in [0.25, 0.3) is 23.4 Å².